The zero-order chi connectivity index (χ0) is 5.98. The van der Waals surface area contributed by atoms with Gasteiger partial charge < -0.3 is 5.84 Å². The van der Waals surface area contributed by atoms with Crippen LogP contribution in [-0.4, -0.2) is 15.9 Å². The Morgan fingerprint density at radius 3 is 2.88 bits per heavy atom. The van der Waals surface area contributed by atoms with Crippen molar-refractivity contribution >= 4 is 11.8 Å². The van der Waals surface area contributed by atoms with E-state index in [4.69, 9.17) is 5.84 Å². The smallest absolute Gasteiger partial charge is 0.186 e. The first-order valence-electron chi connectivity index (χ1n) is 2.17. The van der Waals surface area contributed by atoms with Gasteiger partial charge in [-0.1, -0.05) is 11.8 Å². The van der Waals surface area contributed by atoms with E-state index in [1.165, 1.54) is 16.4 Å². The van der Waals surface area contributed by atoms with Crippen molar-refractivity contribution in [2.24, 2.45) is 0 Å². The van der Waals surface area contributed by atoms with Gasteiger partial charge in [-0.15, -0.1) is 0 Å². The Morgan fingerprint density at radius 2 is 2.62 bits per heavy atom. The van der Waals surface area contributed by atoms with Crippen molar-refractivity contribution in [1.29, 1.82) is 0 Å². The van der Waals surface area contributed by atoms with Gasteiger partial charge in [0.15, 0.2) is 5.16 Å². The quantitative estimate of drug-likeness (QED) is 0.438. The maximum atomic E-state index is 5.38. The van der Waals surface area contributed by atoms with E-state index in [1.807, 2.05) is 6.26 Å². The van der Waals surface area contributed by atoms with E-state index in [-0.39, 0.29) is 0 Å². The van der Waals surface area contributed by atoms with Gasteiger partial charge in [0, 0.05) is 12.4 Å². The van der Waals surface area contributed by atoms with Crippen LogP contribution in [0.4, 0.5) is 0 Å². The molecule has 2 N–H and O–H groups in total. The minimum Gasteiger partial charge on any atom is -0.337 e. The molecule has 0 radical (unpaired) electrons. The summed E-state index contributed by atoms with van der Waals surface area (Å²) in [6, 6.07) is 0. The van der Waals surface area contributed by atoms with Gasteiger partial charge in [-0.25, -0.2) is 9.66 Å². The van der Waals surface area contributed by atoms with Crippen LogP contribution in [0.15, 0.2) is 17.6 Å². The Kier molecular flexibility index (Phi) is 1.43. The monoisotopic (exact) mass is 129 g/mol. The van der Waals surface area contributed by atoms with Crippen LogP contribution in [0.5, 0.6) is 0 Å². The summed E-state index contributed by atoms with van der Waals surface area (Å²) in [4.78, 5) is 3.94. The molecule has 0 aliphatic heterocycles. The summed E-state index contributed by atoms with van der Waals surface area (Å²) in [6.45, 7) is 0. The summed E-state index contributed by atoms with van der Waals surface area (Å²) < 4.78 is 1.49. The summed E-state index contributed by atoms with van der Waals surface area (Å²) in [5.41, 5.74) is 0. The third-order valence-corrected chi connectivity index (χ3v) is 1.50. The van der Waals surface area contributed by atoms with Crippen molar-refractivity contribution in [2.75, 3.05) is 12.1 Å². The first-order chi connectivity index (χ1) is 3.84. The number of hydrogen-bond donors (Lipinski definition) is 1. The van der Waals surface area contributed by atoms with Gasteiger partial charge in [0.2, 0.25) is 0 Å². The fourth-order valence-corrected chi connectivity index (χ4v) is 0.895. The SMILES string of the molecule is CSc1nccn1N. The predicted molar refractivity (Wildman–Crippen MR) is 34.2 cm³/mol. The molecule has 44 valence electrons. The molecule has 1 aromatic rings. The van der Waals surface area contributed by atoms with E-state index >= 15 is 0 Å². The van der Waals surface area contributed by atoms with Crippen molar-refractivity contribution in [3.63, 3.8) is 0 Å². The predicted octanol–water partition coefficient (Wildman–Crippen LogP) is 0.319. The summed E-state index contributed by atoms with van der Waals surface area (Å²) in [5, 5.41) is 0.838. The second-order valence-electron chi connectivity index (χ2n) is 1.32. The van der Waals surface area contributed by atoms with Crippen LogP contribution in [0.3, 0.4) is 0 Å². The van der Waals surface area contributed by atoms with Gasteiger partial charge >= 0.3 is 0 Å². The van der Waals surface area contributed by atoms with Crippen LogP contribution in [0.25, 0.3) is 0 Å². The lowest BCUT2D eigenvalue weighted by Gasteiger charge is -1.92. The Balaban J connectivity index is 2.92. The molecule has 0 fully saturated rings. The molecular weight excluding hydrogens is 122 g/mol. The van der Waals surface area contributed by atoms with Gasteiger partial charge in [0.1, 0.15) is 0 Å². The van der Waals surface area contributed by atoms with Crippen LogP contribution in [0.1, 0.15) is 0 Å². The summed E-state index contributed by atoms with van der Waals surface area (Å²) in [6.07, 6.45) is 5.32. The molecule has 8 heavy (non-hydrogen) atoms. The van der Waals surface area contributed by atoms with E-state index in [0.717, 1.165) is 5.16 Å². The molecular formula is C4H7N3S. The first-order valence-corrected chi connectivity index (χ1v) is 3.39. The third kappa shape index (κ3) is 0.790. The highest BCUT2D eigenvalue weighted by Crippen LogP contribution is 2.06. The summed E-state index contributed by atoms with van der Waals surface area (Å²) in [5.74, 6) is 5.38. The van der Waals surface area contributed by atoms with Gasteiger partial charge in [-0.3, -0.25) is 0 Å². The molecule has 0 bridgehead atoms. The summed E-state index contributed by atoms with van der Waals surface area (Å²) >= 11 is 1.53. The van der Waals surface area contributed by atoms with Gasteiger partial charge in [-0.2, -0.15) is 0 Å². The molecule has 1 aromatic heterocycles. The highest BCUT2D eigenvalue weighted by Gasteiger charge is 1.92. The molecule has 0 saturated carbocycles. The van der Waals surface area contributed by atoms with Gasteiger partial charge in [0.05, 0.1) is 0 Å². The number of thioether (sulfide) groups is 1. The maximum absolute atomic E-state index is 5.38. The number of nitrogens with two attached hydrogens (primary N) is 1. The standard InChI is InChI=1S/C4H7N3S/c1-8-4-6-2-3-7(4)5/h2-3H,5H2,1H3. The molecule has 0 aromatic carbocycles. The van der Waals surface area contributed by atoms with E-state index in [0.29, 0.717) is 0 Å². The van der Waals surface area contributed by atoms with Crippen molar-refractivity contribution in [3.8, 4) is 0 Å². The van der Waals surface area contributed by atoms with Crippen molar-refractivity contribution in [1.82, 2.24) is 9.66 Å². The van der Waals surface area contributed by atoms with Crippen LogP contribution in [0, 0.1) is 0 Å². The number of nitrogen functional groups attached to an aromatic ring is 1. The Morgan fingerprint density at radius 1 is 1.88 bits per heavy atom. The molecule has 0 unspecified atom stereocenters. The highest BCUT2D eigenvalue weighted by molar-refractivity contribution is 7.98. The average Bonchev–Trinajstić information content (AvgIpc) is 2.14. The molecule has 0 saturated heterocycles. The van der Waals surface area contributed by atoms with Crippen LogP contribution in [-0.2, 0) is 0 Å². The second-order valence-corrected chi connectivity index (χ2v) is 2.09. The van der Waals surface area contributed by atoms with E-state index in [1.54, 1.807) is 12.4 Å². The minimum atomic E-state index is 0.838. The minimum absolute atomic E-state index is 0.838. The molecule has 1 heterocycles. The van der Waals surface area contributed by atoms with Crippen LogP contribution < -0.4 is 5.84 Å². The lowest BCUT2D eigenvalue weighted by Crippen LogP contribution is -2.06. The van der Waals surface area contributed by atoms with Gasteiger partial charge in [-0.05, 0) is 6.26 Å². The second kappa shape index (κ2) is 2.09. The molecule has 0 amide bonds. The fraction of sp³-hybridized carbons (Fsp3) is 0.250. The molecule has 0 atom stereocenters. The molecule has 0 aliphatic carbocycles. The van der Waals surface area contributed by atoms with E-state index in [2.05, 4.69) is 4.98 Å². The zero-order valence-corrected chi connectivity index (χ0v) is 5.35. The topological polar surface area (TPSA) is 43.8 Å². The number of hydrogen-bond acceptors (Lipinski definition) is 3. The maximum Gasteiger partial charge on any atom is 0.186 e. The van der Waals surface area contributed by atoms with Crippen molar-refractivity contribution in [3.05, 3.63) is 12.4 Å². The normalized spacial score (nSPS) is 9.62. The lowest BCUT2D eigenvalue weighted by atomic mass is 11.0. The third-order valence-electron chi connectivity index (χ3n) is 0.816. The molecule has 1 rings (SSSR count). The fourth-order valence-electron chi connectivity index (χ4n) is 0.457. The van der Waals surface area contributed by atoms with Gasteiger partial charge in [0.25, 0.3) is 0 Å². The number of aromatic nitrogens is 2. The van der Waals surface area contributed by atoms with Crippen LogP contribution >= 0.6 is 11.8 Å². The largest absolute Gasteiger partial charge is 0.337 e. The van der Waals surface area contributed by atoms with Crippen LogP contribution in [0.2, 0.25) is 0 Å². The Labute approximate surface area is 51.9 Å². The molecule has 0 spiro atoms. The van der Waals surface area contributed by atoms with Crippen molar-refractivity contribution < 1.29 is 0 Å². The number of rotatable bonds is 1. The van der Waals surface area contributed by atoms with E-state index < -0.39 is 0 Å². The molecule has 4 heteroatoms. The molecule has 0 aliphatic rings. The molecule has 3 nitrogen and oxygen atoms in total. The van der Waals surface area contributed by atoms with E-state index in [9.17, 15) is 0 Å². The summed E-state index contributed by atoms with van der Waals surface area (Å²) in [7, 11) is 0. The highest BCUT2D eigenvalue weighted by atomic mass is 32.2. The number of nitrogens with zero attached hydrogens (tertiary/aromatic N) is 2. The Bertz CT molecular complexity index is 172. The Hall–Kier alpha value is -0.640. The number of imidazole rings is 1. The first kappa shape index (κ1) is 5.50. The van der Waals surface area contributed by atoms with Crippen molar-refractivity contribution in [2.45, 2.75) is 5.16 Å². The average molecular weight is 129 g/mol. The lowest BCUT2D eigenvalue weighted by molar-refractivity contribution is 0.853. The zero-order valence-electron chi connectivity index (χ0n) is 4.53.